The number of hydrogen-bond donors (Lipinski definition) is 2. The van der Waals surface area contributed by atoms with E-state index in [1.807, 2.05) is 48.5 Å². The van der Waals surface area contributed by atoms with Gasteiger partial charge in [-0.1, -0.05) is 36.4 Å². The van der Waals surface area contributed by atoms with Crippen LogP contribution in [0.4, 0.5) is 5.82 Å². The quantitative estimate of drug-likeness (QED) is 0.612. The van der Waals surface area contributed by atoms with E-state index >= 15 is 0 Å². The Morgan fingerprint density at radius 1 is 0.897 bits per heavy atom. The molecule has 150 valence electrons. The van der Waals surface area contributed by atoms with Gasteiger partial charge in [0, 0.05) is 19.2 Å². The molecule has 2 N–H and O–H groups in total. The Labute approximate surface area is 170 Å². The molecule has 7 heteroatoms. The molecule has 29 heavy (non-hydrogen) atoms. The van der Waals surface area contributed by atoms with Crippen molar-refractivity contribution in [3.63, 3.8) is 0 Å². The highest BCUT2D eigenvalue weighted by molar-refractivity contribution is 5.92. The van der Waals surface area contributed by atoms with E-state index in [0.29, 0.717) is 41.9 Å². The number of aromatic nitrogens is 2. The molecule has 2 aromatic carbocycles. The molecule has 0 unspecified atom stereocenters. The molecule has 1 heterocycles. The van der Waals surface area contributed by atoms with Gasteiger partial charge in [-0.15, -0.1) is 0 Å². The minimum atomic E-state index is -0.242. The Hall–Kier alpha value is -3.61. The molecule has 0 aliphatic heterocycles. The summed E-state index contributed by atoms with van der Waals surface area (Å²) < 4.78 is 10.6. The lowest BCUT2D eigenvalue weighted by atomic mass is 10.2. The minimum Gasteiger partial charge on any atom is -0.493 e. The van der Waals surface area contributed by atoms with Crippen molar-refractivity contribution in [1.82, 2.24) is 15.3 Å². The summed E-state index contributed by atoms with van der Waals surface area (Å²) in [5.41, 5.74) is 2.34. The number of hydrogen-bond acceptors (Lipinski definition) is 6. The van der Waals surface area contributed by atoms with Crippen LogP contribution < -0.4 is 20.1 Å². The molecular weight excluding hydrogens is 368 g/mol. The third-order valence-corrected chi connectivity index (χ3v) is 4.29. The van der Waals surface area contributed by atoms with Crippen LogP contribution in [0.15, 0.2) is 54.6 Å². The van der Waals surface area contributed by atoms with Crippen molar-refractivity contribution < 1.29 is 14.3 Å². The predicted molar refractivity (Wildman–Crippen MR) is 111 cm³/mol. The fraction of sp³-hybridized carbons (Fsp3) is 0.227. The zero-order valence-corrected chi connectivity index (χ0v) is 16.7. The smallest absolute Gasteiger partial charge is 0.270 e. The summed E-state index contributed by atoms with van der Waals surface area (Å²) in [5, 5.41) is 6.12. The maximum atomic E-state index is 12.5. The van der Waals surface area contributed by atoms with Crippen molar-refractivity contribution in [1.29, 1.82) is 0 Å². The van der Waals surface area contributed by atoms with Crippen LogP contribution in [0.3, 0.4) is 0 Å². The van der Waals surface area contributed by atoms with Gasteiger partial charge in [-0.2, -0.15) is 0 Å². The van der Waals surface area contributed by atoms with Crippen LogP contribution in [0.25, 0.3) is 0 Å². The van der Waals surface area contributed by atoms with Crippen molar-refractivity contribution in [2.45, 2.75) is 20.0 Å². The van der Waals surface area contributed by atoms with Crippen LogP contribution in [0.5, 0.6) is 11.5 Å². The van der Waals surface area contributed by atoms with Crippen molar-refractivity contribution >= 4 is 11.7 Å². The van der Waals surface area contributed by atoms with E-state index in [4.69, 9.17) is 9.47 Å². The molecule has 0 radical (unpaired) electrons. The van der Waals surface area contributed by atoms with Gasteiger partial charge in [0.1, 0.15) is 17.3 Å². The molecule has 1 amide bonds. The van der Waals surface area contributed by atoms with Gasteiger partial charge in [0.05, 0.1) is 14.2 Å². The molecule has 0 bridgehead atoms. The molecule has 0 aliphatic carbocycles. The van der Waals surface area contributed by atoms with Crippen LogP contribution in [-0.2, 0) is 13.1 Å². The second-order valence-electron chi connectivity index (χ2n) is 6.40. The maximum Gasteiger partial charge on any atom is 0.270 e. The monoisotopic (exact) mass is 392 g/mol. The Morgan fingerprint density at radius 2 is 1.66 bits per heavy atom. The molecule has 1 aromatic heterocycles. The van der Waals surface area contributed by atoms with Gasteiger partial charge in [0.15, 0.2) is 11.5 Å². The molecule has 0 aliphatic rings. The molecular formula is C22H24N4O3. The Morgan fingerprint density at radius 3 is 2.38 bits per heavy atom. The van der Waals surface area contributed by atoms with E-state index in [-0.39, 0.29) is 5.91 Å². The van der Waals surface area contributed by atoms with Gasteiger partial charge in [0.25, 0.3) is 5.91 Å². The molecule has 0 saturated heterocycles. The standard InChI is InChI=1S/C22H24N4O3/c1-15-25-18(22(27)24-13-16-7-5-4-6-8-16)12-21(26-15)23-14-17-9-10-19(28-2)20(11-17)29-3/h4-12H,13-14H2,1-3H3,(H,24,27)(H,23,25,26). The number of methoxy groups -OCH3 is 2. The third-order valence-electron chi connectivity index (χ3n) is 4.29. The zero-order chi connectivity index (χ0) is 20.6. The number of rotatable bonds is 8. The number of nitrogens with zero attached hydrogens (tertiary/aromatic N) is 2. The first kappa shape index (κ1) is 20.1. The summed E-state index contributed by atoms with van der Waals surface area (Å²) in [7, 11) is 3.20. The largest absolute Gasteiger partial charge is 0.493 e. The molecule has 3 aromatic rings. The number of ether oxygens (including phenoxy) is 2. The van der Waals surface area contributed by atoms with Gasteiger partial charge < -0.3 is 20.1 Å². The second kappa shape index (κ2) is 9.54. The van der Waals surface area contributed by atoms with E-state index < -0.39 is 0 Å². The van der Waals surface area contributed by atoms with E-state index in [9.17, 15) is 4.79 Å². The lowest BCUT2D eigenvalue weighted by Gasteiger charge is -2.12. The average Bonchev–Trinajstić information content (AvgIpc) is 2.76. The number of nitrogens with one attached hydrogen (secondary N) is 2. The zero-order valence-electron chi connectivity index (χ0n) is 16.7. The first-order valence-corrected chi connectivity index (χ1v) is 9.21. The van der Waals surface area contributed by atoms with Crippen LogP contribution in [0, 0.1) is 6.92 Å². The highest BCUT2D eigenvalue weighted by atomic mass is 16.5. The third kappa shape index (κ3) is 5.44. The summed E-state index contributed by atoms with van der Waals surface area (Å²) in [5.74, 6) is 2.19. The van der Waals surface area contributed by atoms with Crippen LogP contribution in [-0.4, -0.2) is 30.1 Å². The number of anilines is 1. The van der Waals surface area contributed by atoms with Gasteiger partial charge >= 0.3 is 0 Å². The van der Waals surface area contributed by atoms with Crippen molar-refractivity contribution in [2.24, 2.45) is 0 Å². The minimum absolute atomic E-state index is 0.242. The highest BCUT2D eigenvalue weighted by Gasteiger charge is 2.11. The lowest BCUT2D eigenvalue weighted by molar-refractivity contribution is 0.0945. The molecule has 0 saturated carbocycles. The topological polar surface area (TPSA) is 85.4 Å². The fourth-order valence-electron chi connectivity index (χ4n) is 2.83. The summed E-state index contributed by atoms with van der Waals surface area (Å²) in [6, 6.07) is 17.1. The van der Waals surface area contributed by atoms with Crippen molar-refractivity contribution in [3.8, 4) is 11.5 Å². The van der Waals surface area contributed by atoms with Gasteiger partial charge in [0.2, 0.25) is 0 Å². The fourth-order valence-corrected chi connectivity index (χ4v) is 2.83. The normalized spacial score (nSPS) is 10.3. The molecule has 0 atom stereocenters. The number of aryl methyl sites for hydroxylation is 1. The van der Waals surface area contributed by atoms with Crippen LogP contribution in [0.1, 0.15) is 27.4 Å². The Balaban J connectivity index is 1.66. The van der Waals surface area contributed by atoms with E-state index in [1.54, 1.807) is 27.2 Å². The average molecular weight is 392 g/mol. The summed E-state index contributed by atoms with van der Waals surface area (Å²) in [6.45, 7) is 2.72. The molecule has 0 spiro atoms. The van der Waals surface area contributed by atoms with E-state index in [1.165, 1.54) is 0 Å². The van der Waals surface area contributed by atoms with E-state index in [2.05, 4.69) is 20.6 Å². The van der Waals surface area contributed by atoms with Gasteiger partial charge in [-0.3, -0.25) is 4.79 Å². The number of carbonyl (C=O) groups is 1. The van der Waals surface area contributed by atoms with Crippen molar-refractivity contribution in [3.05, 3.63) is 77.2 Å². The number of benzene rings is 2. The maximum absolute atomic E-state index is 12.5. The van der Waals surface area contributed by atoms with E-state index in [0.717, 1.165) is 11.1 Å². The molecule has 7 nitrogen and oxygen atoms in total. The summed E-state index contributed by atoms with van der Waals surface area (Å²) in [6.07, 6.45) is 0. The SMILES string of the molecule is COc1ccc(CNc2cc(C(=O)NCc3ccccc3)nc(C)n2)cc1OC. The first-order valence-electron chi connectivity index (χ1n) is 9.21. The second-order valence-corrected chi connectivity index (χ2v) is 6.40. The lowest BCUT2D eigenvalue weighted by Crippen LogP contribution is -2.24. The van der Waals surface area contributed by atoms with Crippen molar-refractivity contribution in [2.75, 3.05) is 19.5 Å². The first-order chi connectivity index (χ1) is 14.1. The van der Waals surface area contributed by atoms with Gasteiger partial charge in [-0.25, -0.2) is 9.97 Å². The molecule has 3 rings (SSSR count). The summed E-state index contributed by atoms with van der Waals surface area (Å²) in [4.78, 5) is 21.1. The Bertz CT molecular complexity index is 977. The Kier molecular flexibility index (Phi) is 6.63. The van der Waals surface area contributed by atoms with Crippen LogP contribution >= 0.6 is 0 Å². The van der Waals surface area contributed by atoms with Gasteiger partial charge in [-0.05, 0) is 30.2 Å². The highest BCUT2D eigenvalue weighted by Crippen LogP contribution is 2.27. The number of carbonyl (C=O) groups excluding carboxylic acids is 1. The molecule has 0 fully saturated rings. The number of amides is 1. The summed E-state index contributed by atoms with van der Waals surface area (Å²) >= 11 is 0. The predicted octanol–water partition coefficient (Wildman–Crippen LogP) is 3.34. The van der Waals surface area contributed by atoms with Crippen LogP contribution in [0.2, 0.25) is 0 Å².